The lowest BCUT2D eigenvalue weighted by Crippen LogP contribution is -2.54. The molecule has 0 saturated carbocycles. The summed E-state index contributed by atoms with van der Waals surface area (Å²) in [4.78, 5) is 38.4. The van der Waals surface area contributed by atoms with Crippen LogP contribution in [0.4, 0.5) is 11.4 Å². The third-order valence-electron chi connectivity index (χ3n) is 6.61. The SMILES string of the molecule is Cc1ncc(NC(=O)CN2CC(C)(C)C2)cc1NC(=O)c1cnn2cc(-c3cnc4n3CCOC4)sc12.[HH].[HH]. The van der Waals surface area contributed by atoms with Crippen LogP contribution in [-0.2, 0) is 22.7 Å². The summed E-state index contributed by atoms with van der Waals surface area (Å²) < 4.78 is 9.35. The van der Waals surface area contributed by atoms with E-state index in [1.807, 2.05) is 19.3 Å². The lowest BCUT2D eigenvalue weighted by molar-refractivity contribution is -0.120. The summed E-state index contributed by atoms with van der Waals surface area (Å²) in [5.41, 5.74) is 3.45. The molecule has 1 saturated heterocycles. The highest BCUT2D eigenvalue weighted by molar-refractivity contribution is 7.21. The van der Waals surface area contributed by atoms with Crippen molar-refractivity contribution >= 4 is 39.4 Å². The Hall–Kier alpha value is -3.61. The molecule has 37 heavy (non-hydrogen) atoms. The molecule has 12 heteroatoms. The Balaban J connectivity index is 0.00000176. The lowest BCUT2D eigenvalue weighted by atomic mass is 9.84. The molecule has 2 aliphatic heterocycles. The number of carbonyl (C=O) groups excluding carboxylic acids is 2. The van der Waals surface area contributed by atoms with Crippen molar-refractivity contribution in [3.05, 3.63) is 47.9 Å². The third kappa shape index (κ3) is 4.63. The Bertz CT molecular complexity index is 1520. The molecule has 0 radical (unpaired) electrons. The topological polar surface area (TPSA) is 119 Å². The molecule has 2 N–H and O–H groups in total. The van der Waals surface area contributed by atoms with E-state index in [9.17, 15) is 9.59 Å². The van der Waals surface area contributed by atoms with Crippen LogP contribution in [-0.4, -0.2) is 67.1 Å². The van der Waals surface area contributed by atoms with E-state index in [-0.39, 0.29) is 20.1 Å². The molecule has 0 unspecified atom stereocenters. The van der Waals surface area contributed by atoms with Gasteiger partial charge in [-0.3, -0.25) is 19.5 Å². The Morgan fingerprint density at radius 1 is 1.19 bits per heavy atom. The summed E-state index contributed by atoms with van der Waals surface area (Å²) in [5, 5.41) is 10.2. The van der Waals surface area contributed by atoms with Crippen LogP contribution in [0.15, 0.2) is 30.9 Å². The Labute approximate surface area is 220 Å². The third-order valence-corrected chi connectivity index (χ3v) is 7.75. The number of imidazole rings is 1. The number of ether oxygens (including phenoxy) is 1. The summed E-state index contributed by atoms with van der Waals surface area (Å²) in [5.74, 6) is 0.508. The van der Waals surface area contributed by atoms with E-state index in [0.717, 1.165) is 40.9 Å². The zero-order valence-corrected chi connectivity index (χ0v) is 21.8. The molecule has 11 nitrogen and oxygen atoms in total. The highest BCUT2D eigenvalue weighted by Gasteiger charge is 2.34. The van der Waals surface area contributed by atoms with E-state index in [4.69, 9.17) is 4.74 Å². The molecule has 4 aromatic rings. The molecule has 2 amide bonds. The van der Waals surface area contributed by atoms with Crippen molar-refractivity contribution in [3.8, 4) is 10.6 Å². The number of carbonyl (C=O) groups is 2. The first-order valence-electron chi connectivity index (χ1n) is 12.2. The number of nitrogens with one attached hydrogen (secondary N) is 2. The Kier molecular flexibility index (Phi) is 5.81. The fourth-order valence-corrected chi connectivity index (χ4v) is 6.03. The maximum absolute atomic E-state index is 13.2. The second kappa shape index (κ2) is 9.05. The minimum Gasteiger partial charge on any atom is -0.372 e. The quantitative estimate of drug-likeness (QED) is 0.396. The number of thiazole rings is 1. The fourth-order valence-electron chi connectivity index (χ4n) is 4.95. The number of hydrogen-bond acceptors (Lipinski definition) is 8. The average Bonchev–Trinajstić information content (AvgIpc) is 3.53. The van der Waals surface area contributed by atoms with Gasteiger partial charge in [-0.1, -0.05) is 13.8 Å². The molecule has 0 bridgehead atoms. The van der Waals surface area contributed by atoms with Crippen molar-refractivity contribution in [1.29, 1.82) is 0 Å². The molecular formula is C25H32N8O3S. The maximum Gasteiger partial charge on any atom is 0.260 e. The number of anilines is 2. The van der Waals surface area contributed by atoms with E-state index in [1.165, 1.54) is 11.3 Å². The maximum atomic E-state index is 13.2. The molecule has 2 aliphatic rings. The van der Waals surface area contributed by atoms with Crippen LogP contribution in [0.25, 0.3) is 15.4 Å². The van der Waals surface area contributed by atoms with Gasteiger partial charge in [0.1, 0.15) is 17.3 Å². The van der Waals surface area contributed by atoms with Gasteiger partial charge in [-0.25, -0.2) is 9.50 Å². The number of amides is 2. The Morgan fingerprint density at radius 2 is 2.03 bits per heavy atom. The predicted molar refractivity (Wildman–Crippen MR) is 144 cm³/mol. The molecular weight excluding hydrogens is 492 g/mol. The minimum atomic E-state index is -0.289. The van der Waals surface area contributed by atoms with Crippen LogP contribution >= 0.6 is 11.3 Å². The van der Waals surface area contributed by atoms with Crippen LogP contribution in [0.1, 0.15) is 38.6 Å². The molecule has 196 valence electrons. The first-order valence-corrected chi connectivity index (χ1v) is 13.0. The van der Waals surface area contributed by atoms with Crippen molar-refractivity contribution in [3.63, 3.8) is 0 Å². The molecule has 0 atom stereocenters. The van der Waals surface area contributed by atoms with Gasteiger partial charge < -0.3 is 19.9 Å². The van der Waals surface area contributed by atoms with E-state index >= 15 is 0 Å². The fraction of sp³-hybridized carbons (Fsp3) is 0.400. The number of nitrogens with zero attached hydrogens (tertiary/aromatic N) is 6. The first-order chi connectivity index (χ1) is 17.8. The van der Waals surface area contributed by atoms with Crippen molar-refractivity contribution in [2.45, 2.75) is 33.9 Å². The second-order valence-electron chi connectivity index (χ2n) is 10.3. The number of rotatable bonds is 6. The number of pyridine rings is 1. The molecule has 4 aromatic heterocycles. The molecule has 6 rings (SSSR count). The van der Waals surface area contributed by atoms with Gasteiger partial charge in [0.05, 0.1) is 64.9 Å². The molecule has 0 aromatic carbocycles. The highest BCUT2D eigenvalue weighted by atomic mass is 32.1. The van der Waals surface area contributed by atoms with Crippen LogP contribution in [0.3, 0.4) is 0 Å². The average molecular weight is 525 g/mol. The monoisotopic (exact) mass is 524 g/mol. The van der Waals surface area contributed by atoms with Crippen LogP contribution < -0.4 is 10.6 Å². The van der Waals surface area contributed by atoms with Crippen molar-refractivity contribution < 1.29 is 17.2 Å². The van der Waals surface area contributed by atoms with Crippen molar-refractivity contribution in [2.75, 3.05) is 36.9 Å². The number of hydrogen-bond donors (Lipinski definition) is 2. The number of aryl methyl sites for hydroxylation is 1. The standard InChI is InChI=1S/C25H28N8O3S.2H2/c1-15-18(6-16(7-26-15)29-22(34)11-31-13-25(2,3)14-31)30-23(35)17-8-28-33-10-20(37-24(17)33)19-9-27-21-12-36-5-4-32(19)21;;/h6-10H,4-5,11-14H2,1-3H3,(H,29,34)(H,30,35);2*1H. The molecule has 0 aliphatic carbocycles. The van der Waals surface area contributed by atoms with Crippen LogP contribution in [0.2, 0.25) is 0 Å². The highest BCUT2D eigenvalue weighted by Crippen LogP contribution is 2.32. The molecule has 0 spiro atoms. The van der Waals surface area contributed by atoms with Gasteiger partial charge in [-0.15, -0.1) is 11.3 Å². The zero-order chi connectivity index (χ0) is 25.7. The van der Waals surface area contributed by atoms with Gasteiger partial charge in [0.2, 0.25) is 5.91 Å². The van der Waals surface area contributed by atoms with Crippen molar-refractivity contribution in [2.24, 2.45) is 5.41 Å². The number of likely N-dealkylation sites (tertiary alicyclic amines) is 1. The second-order valence-corrected chi connectivity index (χ2v) is 11.4. The predicted octanol–water partition coefficient (Wildman–Crippen LogP) is 3.52. The van der Waals surface area contributed by atoms with E-state index in [0.29, 0.717) is 42.4 Å². The lowest BCUT2D eigenvalue weighted by Gasteiger charge is -2.45. The van der Waals surface area contributed by atoms with Gasteiger partial charge in [-0.05, 0) is 18.4 Å². The minimum absolute atomic E-state index is 0. The van der Waals surface area contributed by atoms with E-state index in [1.54, 1.807) is 23.0 Å². The van der Waals surface area contributed by atoms with Gasteiger partial charge >= 0.3 is 0 Å². The van der Waals surface area contributed by atoms with Crippen LogP contribution in [0, 0.1) is 12.3 Å². The number of fused-ring (bicyclic) bond motifs is 2. The molecule has 6 heterocycles. The Morgan fingerprint density at radius 3 is 2.84 bits per heavy atom. The summed E-state index contributed by atoms with van der Waals surface area (Å²) in [7, 11) is 0. The number of aromatic nitrogens is 5. The van der Waals surface area contributed by atoms with E-state index < -0.39 is 0 Å². The van der Waals surface area contributed by atoms with Gasteiger partial charge in [-0.2, -0.15) is 5.10 Å². The van der Waals surface area contributed by atoms with Gasteiger partial charge in [0.25, 0.3) is 5.91 Å². The smallest absolute Gasteiger partial charge is 0.260 e. The van der Waals surface area contributed by atoms with E-state index in [2.05, 4.69) is 49.0 Å². The largest absolute Gasteiger partial charge is 0.372 e. The van der Waals surface area contributed by atoms with Gasteiger partial charge in [0.15, 0.2) is 0 Å². The normalized spacial score (nSPS) is 16.8. The summed E-state index contributed by atoms with van der Waals surface area (Å²) in [6, 6.07) is 1.74. The van der Waals surface area contributed by atoms with Crippen LogP contribution in [0.5, 0.6) is 0 Å². The zero-order valence-electron chi connectivity index (χ0n) is 20.9. The molecule has 1 fully saturated rings. The first kappa shape index (κ1) is 23.8. The van der Waals surface area contributed by atoms with Crippen molar-refractivity contribution in [1.82, 2.24) is 29.0 Å². The summed E-state index contributed by atoms with van der Waals surface area (Å²) in [6.45, 7) is 10.2. The van der Waals surface area contributed by atoms with Gasteiger partial charge in [0, 0.05) is 28.7 Å². The summed E-state index contributed by atoms with van der Waals surface area (Å²) >= 11 is 1.49. The summed E-state index contributed by atoms with van der Waals surface area (Å²) in [6.07, 6.45) is 6.92.